The molecule has 0 aromatic heterocycles. The second kappa shape index (κ2) is 7.61. The summed E-state index contributed by atoms with van der Waals surface area (Å²) >= 11 is 0. The molecule has 0 saturated carbocycles. The van der Waals surface area contributed by atoms with E-state index >= 15 is 0 Å². The average Bonchev–Trinajstić information content (AvgIpc) is 2.53. The molecule has 2 aromatic rings. The van der Waals surface area contributed by atoms with Gasteiger partial charge in [0.25, 0.3) is 0 Å². The zero-order valence-corrected chi connectivity index (χ0v) is 13.6. The van der Waals surface area contributed by atoms with E-state index in [4.69, 9.17) is 0 Å². The van der Waals surface area contributed by atoms with Gasteiger partial charge < -0.3 is 0 Å². The van der Waals surface area contributed by atoms with Crippen molar-refractivity contribution in [3.05, 3.63) is 96.1 Å². The van der Waals surface area contributed by atoms with Gasteiger partial charge >= 0.3 is 0 Å². The molecule has 0 bridgehead atoms. The van der Waals surface area contributed by atoms with E-state index in [-0.39, 0.29) is 0 Å². The lowest BCUT2D eigenvalue weighted by atomic mass is 9.91. The maximum Gasteiger partial charge on any atom is -0.00831 e. The van der Waals surface area contributed by atoms with Crippen LogP contribution in [-0.2, 0) is 6.42 Å². The quantitative estimate of drug-likeness (QED) is 0.553. The highest BCUT2D eigenvalue weighted by atomic mass is 14.1. The summed E-state index contributed by atoms with van der Waals surface area (Å²) in [4.78, 5) is 0. The van der Waals surface area contributed by atoms with E-state index in [0.29, 0.717) is 0 Å². The number of hydrogen-bond donors (Lipinski definition) is 0. The highest BCUT2D eigenvalue weighted by Crippen LogP contribution is 2.29. The van der Waals surface area contributed by atoms with Gasteiger partial charge in [0, 0.05) is 0 Å². The molecule has 0 aliphatic heterocycles. The van der Waals surface area contributed by atoms with Crippen LogP contribution >= 0.6 is 0 Å². The minimum atomic E-state index is 1.01. The van der Waals surface area contributed by atoms with Crippen LogP contribution in [0.4, 0.5) is 0 Å². The minimum absolute atomic E-state index is 1.01. The third-order valence-corrected chi connectivity index (χ3v) is 3.88. The van der Waals surface area contributed by atoms with Crippen molar-refractivity contribution in [1.82, 2.24) is 0 Å². The van der Waals surface area contributed by atoms with Crippen molar-refractivity contribution < 1.29 is 0 Å². The second-order valence-electron chi connectivity index (χ2n) is 5.67. The van der Waals surface area contributed by atoms with E-state index < -0.39 is 0 Å². The van der Waals surface area contributed by atoms with E-state index in [9.17, 15) is 0 Å². The molecule has 0 amide bonds. The van der Waals surface area contributed by atoms with Crippen molar-refractivity contribution in [1.29, 1.82) is 0 Å². The molecule has 0 heteroatoms. The van der Waals surface area contributed by atoms with Crippen LogP contribution in [0.25, 0.3) is 11.1 Å². The van der Waals surface area contributed by atoms with E-state index in [1.165, 1.54) is 27.8 Å². The van der Waals surface area contributed by atoms with Crippen LogP contribution in [0.15, 0.2) is 73.8 Å². The van der Waals surface area contributed by atoms with Crippen molar-refractivity contribution in [3.63, 3.8) is 0 Å². The van der Waals surface area contributed by atoms with Crippen LogP contribution in [0.2, 0.25) is 0 Å². The van der Waals surface area contributed by atoms with Crippen LogP contribution < -0.4 is 0 Å². The summed E-state index contributed by atoms with van der Waals surface area (Å²) in [5, 5.41) is 0. The van der Waals surface area contributed by atoms with Crippen molar-refractivity contribution >= 4 is 11.1 Å². The Kier molecular flexibility index (Phi) is 5.55. The van der Waals surface area contributed by atoms with E-state index in [1.54, 1.807) is 0 Å². The normalized spacial score (nSPS) is 11.3. The SMILES string of the molecule is C=C/C(=C/CCc1ccccc1)c1c(C)cccc1C(=C)C. The highest BCUT2D eigenvalue weighted by molar-refractivity contribution is 5.84. The Morgan fingerprint density at radius 1 is 1.05 bits per heavy atom. The van der Waals surface area contributed by atoms with E-state index in [0.717, 1.165) is 18.4 Å². The Bertz CT molecular complexity index is 687. The Hall–Kier alpha value is -2.34. The lowest BCUT2D eigenvalue weighted by Gasteiger charge is -2.14. The first kappa shape index (κ1) is 16.0. The molecule has 112 valence electrons. The molecule has 0 spiro atoms. The molecule has 0 aliphatic carbocycles. The van der Waals surface area contributed by atoms with Gasteiger partial charge in [-0.05, 0) is 54.5 Å². The lowest BCUT2D eigenvalue weighted by molar-refractivity contribution is 1.00. The van der Waals surface area contributed by atoms with Crippen molar-refractivity contribution in [2.24, 2.45) is 0 Å². The largest absolute Gasteiger partial charge is 0.0985 e. The fourth-order valence-electron chi connectivity index (χ4n) is 2.73. The predicted octanol–water partition coefficient (Wildman–Crippen LogP) is 6.23. The fraction of sp³-hybridized carbons (Fsp3) is 0.182. The average molecular weight is 288 g/mol. The summed E-state index contributed by atoms with van der Waals surface area (Å²) in [6.07, 6.45) is 6.30. The Morgan fingerprint density at radius 2 is 1.77 bits per heavy atom. The Balaban J connectivity index is 2.27. The van der Waals surface area contributed by atoms with Crippen LogP contribution in [0.1, 0.15) is 35.6 Å². The van der Waals surface area contributed by atoms with Crippen LogP contribution in [0.5, 0.6) is 0 Å². The number of hydrogen-bond acceptors (Lipinski definition) is 0. The third-order valence-electron chi connectivity index (χ3n) is 3.88. The monoisotopic (exact) mass is 288 g/mol. The molecule has 0 fully saturated rings. The predicted molar refractivity (Wildman–Crippen MR) is 98.8 cm³/mol. The van der Waals surface area contributed by atoms with Crippen molar-refractivity contribution in [2.75, 3.05) is 0 Å². The number of rotatable bonds is 6. The van der Waals surface area contributed by atoms with E-state index in [2.05, 4.69) is 81.6 Å². The molecule has 2 rings (SSSR count). The Morgan fingerprint density at radius 3 is 2.41 bits per heavy atom. The topological polar surface area (TPSA) is 0 Å². The number of allylic oxidation sites excluding steroid dienone is 4. The number of aryl methyl sites for hydroxylation is 2. The number of benzene rings is 2. The maximum absolute atomic E-state index is 4.11. The fourth-order valence-corrected chi connectivity index (χ4v) is 2.73. The molecule has 0 atom stereocenters. The first-order valence-corrected chi connectivity index (χ1v) is 7.76. The van der Waals surface area contributed by atoms with Gasteiger partial charge in [-0.25, -0.2) is 0 Å². The van der Waals surface area contributed by atoms with Gasteiger partial charge in [-0.15, -0.1) is 0 Å². The molecule has 0 heterocycles. The van der Waals surface area contributed by atoms with Gasteiger partial charge in [-0.2, -0.15) is 0 Å². The van der Waals surface area contributed by atoms with Crippen LogP contribution in [0.3, 0.4) is 0 Å². The van der Waals surface area contributed by atoms with Gasteiger partial charge in [0.15, 0.2) is 0 Å². The van der Waals surface area contributed by atoms with Crippen LogP contribution in [-0.4, -0.2) is 0 Å². The molecule has 0 radical (unpaired) electrons. The molecular formula is C22H24. The molecular weight excluding hydrogens is 264 g/mol. The van der Waals surface area contributed by atoms with Gasteiger partial charge in [0.05, 0.1) is 0 Å². The zero-order chi connectivity index (χ0) is 15.9. The second-order valence-corrected chi connectivity index (χ2v) is 5.67. The smallest absolute Gasteiger partial charge is 0.00831 e. The minimum Gasteiger partial charge on any atom is -0.0985 e. The zero-order valence-electron chi connectivity index (χ0n) is 13.6. The molecule has 2 aromatic carbocycles. The molecule has 0 saturated heterocycles. The molecule has 0 N–H and O–H groups in total. The summed E-state index contributed by atoms with van der Waals surface area (Å²) in [5.74, 6) is 0. The summed E-state index contributed by atoms with van der Waals surface area (Å²) in [6.45, 7) is 12.3. The van der Waals surface area contributed by atoms with Crippen molar-refractivity contribution in [2.45, 2.75) is 26.7 Å². The van der Waals surface area contributed by atoms with Gasteiger partial charge in [-0.1, -0.05) is 79.4 Å². The van der Waals surface area contributed by atoms with Gasteiger partial charge in [-0.3, -0.25) is 0 Å². The van der Waals surface area contributed by atoms with Crippen LogP contribution in [0, 0.1) is 6.92 Å². The summed E-state index contributed by atoms with van der Waals surface area (Å²) in [6, 6.07) is 17.0. The molecule has 0 unspecified atom stereocenters. The summed E-state index contributed by atoms with van der Waals surface area (Å²) in [5.41, 5.74) is 7.41. The molecule has 22 heavy (non-hydrogen) atoms. The van der Waals surface area contributed by atoms with E-state index in [1.807, 2.05) is 6.08 Å². The first-order chi connectivity index (χ1) is 10.6. The lowest BCUT2D eigenvalue weighted by Crippen LogP contribution is -1.94. The third kappa shape index (κ3) is 3.85. The maximum atomic E-state index is 4.11. The molecule has 0 aliphatic rings. The van der Waals surface area contributed by atoms with Gasteiger partial charge in [0.2, 0.25) is 0 Å². The first-order valence-electron chi connectivity index (χ1n) is 7.76. The van der Waals surface area contributed by atoms with Gasteiger partial charge in [0.1, 0.15) is 0 Å². The summed E-state index contributed by atoms with van der Waals surface area (Å²) < 4.78 is 0. The standard InChI is InChI=1S/C22H24/c1-5-20(15-10-14-19-12-7-6-8-13-19)22-18(4)11-9-16-21(22)17(2)3/h5-9,11-13,15-16H,1-2,10,14H2,3-4H3/b20-15-. The highest BCUT2D eigenvalue weighted by Gasteiger charge is 2.08. The molecule has 0 nitrogen and oxygen atoms in total. The summed E-state index contributed by atoms with van der Waals surface area (Å²) in [7, 11) is 0. The Labute approximate surface area is 134 Å². The van der Waals surface area contributed by atoms with Crippen molar-refractivity contribution in [3.8, 4) is 0 Å².